The molecule has 2 aromatic heterocycles. The third-order valence-electron chi connectivity index (χ3n) is 3.60. The number of nitrogens with zero attached hydrogens (tertiary/aromatic N) is 2. The highest BCUT2D eigenvalue weighted by Crippen LogP contribution is 2.24. The third-order valence-corrected chi connectivity index (χ3v) is 7.41. The Morgan fingerprint density at radius 2 is 2.05 bits per heavy atom. The van der Waals surface area contributed by atoms with Crippen LogP contribution < -0.4 is 9.62 Å². The molecule has 0 bridgehead atoms. The van der Waals surface area contributed by atoms with Crippen molar-refractivity contribution in [1.29, 1.82) is 0 Å². The molecule has 3 rings (SSSR count). The number of hydrogen-bond acceptors (Lipinski definition) is 6. The van der Waals surface area contributed by atoms with Crippen LogP contribution in [0, 0.1) is 0 Å². The van der Waals surface area contributed by atoms with Crippen LogP contribution in [0.1, 0.15) is 25.0 Å². The molecule has 22 heavy (non-hydrogen) atoms. The maximum absolute atomic E-state index is 12.0. The predicted octanol–water partition coefficient (Wildman–Crippen LogP) is 2.72. The number of sulfonamides is 1. The molecule has 0 aromatic carbocycles. The van der Waals surface area contributed by atoms with Gasteiger partial charge in [-0.3, -0.25) is 0 Å². The highest BCUT2D eigenvalue weighted by atomic mass is 32.2. The minimum Gasteiger partial charge on any atom is -0.348 e. The molecule has 1 N–H and O–H groups in total. The average Bonchev–Trinajstić information content (AvgIpc) is 3.20. The lowest BCUT2D eigenvalue weighted by Crippen LogP contribution is -2.29. The Labute approximate surface area is 139 Å². The number of piperidine rings is 1. The summed E-state index contributed by atoms with van der Waals surface area (Å²) in [5.74, 6) is 0. The van der Waals surface area contributed by atoms with E-state index in [1.54, 1.807) is 28.8 Å². The van der Waals surface area contributed by atoms with E-state index in [0.717, 1.165) is 23.9 Å². The van der Waals surface area contributed by atoms with Gasteiger partial charge in [-0.2, -0.15) is 0 Å². The maximum atomic E-state index is 12.0. The van der Waals surface area contributed by atoms with Crippen molar-refractivity contribution in [2.24, 2.45) is 0 Å². The van der Waals surface area contributed by atoms with Gasteiger partial charge < -0.3 is 4.90 Å². The molecule has 0 atom stereocenters. The third kappa shape index (κ3) is 3.87. The summed E-state index contributed by atoms with van der Waals surface area (Å²) in [6.45, 7) is 2.54. The summed E-state index contributed by atoms with van der Waals surface area (Å²) in [7, 11) is -3.37. The van der Waals surface area contributed by atoms with E-state index >= 15 is 0 Å². The smallest absolute Gasteiger partial charge is 0.250 e. The second-order valence-corrected chi connectivity index (χ2v) is 9.03. The van der Waals surface area contributed by atoms with Gasteiger partial charge in [-0.1, -0.05) is 6.07 Å². The molecule has 0 amide bonds. The number of hydrogen-bond donors (Lipinski definition) is 1. The minimum atomic E-state index is -3.37. The van der Waals surface area contributed by atoms with Gasteiger partial charge in [0.15, 0.2) is 5.13 Å². The Balaban J connectivity index is 1.53. The molecular weight excluding hydrogens is 338 g/mol. The summed E-state index contributed by atoms with van der Waals surface area (Å²) in [5.41, 5.74) is 0.958. The highest BCUT2D eigenvalue weighted by Gasteiger charge is 2.16. The van der Waals surface area contributed by atoms with E-state index in [0.29, 0.717) is 17.2 Å². The SMILES string of the molecule is O=S(=O)(NCCc1csc(N2CCCCC2)n1)c1cccs1. The number of anilines is 1. The molecule has 8 heteroatoms. The predicted molar refractivity (Wildman–Crippen MR) is 91.4 cm³/mol. The molecule has 3 heterocycles. The van der Waals surface area contributed by atoms with Crippen molar-refractivity contribution in [3.8, 4) is 0 Å². The largest absolute Gasteiger partial charge is 0.348 e. The Bertz CT molecular complexity index is 689. The molecule has 0 aliphatic carbocycles. The number of thiophene rings is 1. The van der Waals surface area contributed by atoms with Crippen LogP contribution in [0.4, 0.5) is 5.13 Å². The van der Waals surface area contributed by atoms with Crippen molar-refractivity contribution in [1.82, 2.24) is 9.71 Å². The molecule has 0 saturated carbocycles. The Kier molecular flexibility index (Phi) is 5.12. The molecule has 0 unspecified atom stereocenters. The number of thiazole rings is 1. The standard InChI is InChI=1S/C14H19N3O2S3/c18-22(19,13-5-4-10-20-13)15-7-6-12-11-21-14(16-12)17-8-2-1-3-9-17/h4-5,10-11,15H,1-3,6-9H2. The lowest BCUT2D eigenvalue weighted by Gasteiger charge is -2.25. The van der Waals surface area contributed by atoms with Crippen molar-refractivity contribution in [2.75, 3.05) is 24.5 Å². The summed E-state index contributed by atoms with van der Waals surface area (Å²) in [5, 5.41) is 4.86. The molecule has 0 spiro atoms. The Hall–Kier alpha value is -0.960. The summed E-state index contributed by atoms with van der Waals surface area (Å²) in [6, 6.07) is 3.36. The van der Waals surface area contributed by atoms with Crippen LogP contribution in [0.15, 0.2) is 27.1 Å². The van der Waals surface area contributed by atoms with Gasteiger partial charge in [0.2, 0.25) is 10.0 Å². The van der Waals surface area contributed by atoms with Crippen LogP contribution in [0.5, 0.6) is 0 Å². The van der Waals surface area contributed by atoms with Gasteiger partial charge >= 0.3 is 0 Å². The summed E-state index contributed by atoms with van der Waals surface area (Å²) in [4.78, 5) is 6.96. The topological polar surface area (TPSA) is 62.3 Å². The van der Waals surface area contributed by atoms with Crippen molar-refractivity contribution in [2.45, 2.75) is 29.9 Å². The van der Waals surface area contributed by atoms with Gasteiger partial charge in [0.1, 0.15) is 4.21 Å². The van der Waals surface area contributed by atoms with Gasteiger partial charge in [0.25, 0.3) is 0 Å². The molecule has 0 radical (unpaired) electrons. The van der Waals surface area contributed by atoms with Gasteiger partial charge in [-0.05, 0) is 30.7 Å². The number of nitrogens with one attached hydrogen (secondary N) is 1. The van der Waals surface area contributed by atoms with E-state index < -0.39 is 10.0 Å². The van der Waals surface area contributed by atoms with Crippen LogP contribution in [-0.2, 0) is 16.4 Å². The van der Waals surface area contributed by atoms with E-state index in [9.17, 15) is 8.42 Å². The fourth-order valence-electron chi connectivity index (χ4n) is 2.44. The molecule has 1 fully saturated rings. The Morgan fingerprint density at radius 3 is 2.77 bits per heavy atom. The van der Waals surface area contributed by atoms with Crippen molar-refractivity contribution >= 4 is 37.8 Å². The first kappa shape index (κ1) is 15.9. The molecule has 1 saturated heterocycles. The van der Waals surface area contributed by atoms with Gasteiger partial charge in [0, 0.05) is 31.4 Å². The zero-order chi connectivity index (χ0) is 15.4. The van der Waals surface area contributed by atoms with Crippen LogP contribution in [0.25, 0.3) is 0 Å². The normalized spacial score (nSPS) is 16.1. The van der Waals surface area contributed by atoms with Crippen LogP contribution >= 0.6 is 22.7 Å². The first-order valence-corrected chi connectivity index (χ1v) is 10.6. The average molecular weight is 358 g/mol. The second-order valence-electron chi connectivity index (χ2n) is 5.25. The summed E-state index contributed by atoms with van der Waals surface area (Å²) < 4.78 is 27.0. The summed E-state index contributed by atoms with van der Waals surface area (Å²) in [6.07, 6.45) is 4.39. The monoisotopic (exact) mass is 357 g/mol. The van der Waals surface area contributed by atoms with Gasteiger partial charge in [0.05, 0.1) is 5.69 Å². The zero-order valence-electron chi connectivity index (χ0n) is 12.2. The number of rotatable bonds is 6. The van der Waals surface area contributed by atoms with E-state index in [-0.39, 0.29) is 0 Å². The lowest BCUT2D eigenvalue weighted by atomic mass is 10.1. The van der Waals surface area contributed by atoms with Gasteiger partial charge in [-0.25, -0.2) is 18.1 Å². The summed E-state index contributed by atoms with van der Waals surface area (Å²) >= 11 is 2.88. The lowest BCUT2D eigenvalue weighted by molar-refractivity contribution is 0.576. The highest BCUT2D eigenvalue weighted by molar-refractivity contribution is 7.91. The Morgan fingerprint density at radius 1 is 1.23 bits per heavy atom. The van der Waals surface area contributed by atoms with Crippen molar-refractivity contribution in [3.63, 3.8) is 0 Å². The van der Waals surface area contributed by atoms with Gasteiger partial charge in [-0.15, -0.1) is 22.7 Å². The fraction of sp³-hybridized carbons (Fsp3) is 0.500. The van der Waals surface area contributed by atoms with E-state index in [1.807, 2.05) is 5.38 Å². The molecule has 2 aromatic rings. The quantitative estimate of drug-likeness (QED) is 0.863. The van der Waals surface area contributed by atoms with E-state index in [4.69, 9.17) is 0 Å². The van der Waals surface area contributed by atoms with Crippen molar-refractivity contribution in [3.05, 3.63) is 28.6 Å². The minimum absolute atomic E-state index is 0.361. The van der Waals surface area contributed by atoms with E-state index in [1.165, 1.54) is 30.6 Å². The van der Waals surface area contributed by atoms with Crippen molar-refractivity contribution < 1.29 is 8.42 Å². The second kappa shape index (κ2) is 7.08. The zero-order valence-corrected chi connectivity index (χ0v) is 14.6. The van der Waals surface area contributed by atoms with Crippen LogP contribution in [0.2, 0.25) is 0 Å². The molecular formula is C14H19N3O2S3. The molecule has 5 nitrogen and oxygen atoms in total. The molecule has 1 aliphatic rings. The first-order chi connectivity index (χ1) is 10.6. The molecule has 1 aliphatic heterocycles. The van der Waals surface area contributed by atoms with Crippen LogP contribution in [0.3, 0.4) is 0 Å². The number of aromatic nitrogens is 1. The van der Waals surface area contributed by atoms with E-state index in [2.05, 4.69) is 14.6 Å². The molecule has 120 valence electrons. The first-order valence-electron chi connectivity index (χ1n) is 7.38. The maximum Gasteiger partial charge on any atom is 0.250 e. The van der Waals surface area contributed by atoms with Crippen LogP contribution in [-0.4, -0.2) is 33.0 Å². The fourth-order valence-corrected chi connectivity index (χ4v) is 5.43.